The van der Waals surface area contributed by atoms with Crippen LogP contribution in [0.2, 0.25) is 5.15 Å². The molecule has 98 valence electrons. The van der Waals surface area contributed by atoms with Gasteiger partial charge in [-0.05, 0) is 38.3 Å². The molecule has 0 saturated heterocycles. The molecule has 1 aromatic heterocycles. The van der Waals surface area contributed by atoms with Crippen molar-refractivity contribution >= 4 is 23.2 Å². The molecule has 2 atom stereocenters. The second kappa shape index (κ2) is 5.67. The lowest BCUT2D eigenvalue weighted by Crippen LogP contribution is -2.34. The maximum atomic E-state index is 12.1. The Morgan fingerprint density at radius 2 is 2.28 bits per heavy atom. The van der Waals surface area contributed by atoms with E-state index in [9.17, 15) is 4.79 Å². The summed E-state index contributed by atoms with van der Waals surface area (Å²) in [5.41, 5.74) is 7.35. The van der Waals surface area contributed by atoms with E-state index in [1.165, 1.54) is 0 Å². The molecule has 1 saturated carbocycles. The Bertz CT molecular complexity index is 450. The third kappa shape index (κ3) is 3.21. The van der Waals surface area contributed by atoms with Gasteiger partial charge in [0.15, 0.2) is 0 Å². The topological polar surface area (TPSA) is 68.0 Å². The minimum Gasteiger partial charge on any atom is -0.328 e. The molecule has 1 amide bonds. The van der Waals surface area contributed by atoms with Gasteiger partial charge in [0, 0.05) is 12.0 Å². The van der Waals surface area contributed by atoms with Crippen LogP contribution in [0.5, 0.6) is 0 Å². The zero-order chi connectivity index (χ0) is 13.1. The monoisotopic (exact) mass is 267 g/mol. The normalized spacial score (nSPS) is 23.7. The molecule has 5 heteroatoms. The summed E-state index contributed by atoms with van der Waals surface area (Å²) >= 11 is 5.78. The molecule has 1 aromatic rings. The van der Waals surface area contributed by atoms with Gasteiger partial charge in [-0.25, -0.2) is 4.98 Å². The van der Waals surface area contributed by atoms with Crippen LogP contribution in [0.25, 0.3) is 0 Å². The van der Waals surface area contributed by atoms with Gasteiger partial charge in [-0.2, -0.15) is 0 Å². The van der Waals surface area contributed by atoms with Crippen molar-refractivity contribution in [3.8, 4) is 0 Å². The van der Waals surface area contributed by atoms with Crippen molar-refractivity contribution in [2.75, 3.05) is 5.32 Å². The van der Waals surface area contributed by atoms with Gasteiger partial charge in [0.2, 0.25) is 5.91 Å². The van der Waals surface area contributed by atoms with Crippen molar-refractivity contribution in [2.24, 2.45) is 11.7 Å². The van der Waals surface area contributed by atoms with Gasteiger partial charge in [0.25, 0.3) is 0 Å². The van der Waals surface area contributed by atoms with Crippen LogP contribution >= 0.6 is 11.6 Å². The number of nitrogens with one attached hydrogen (secondary N) is 1. The number of halogens is 1. The summed E-state index contributed by atoms with van der Waals surface area (Å²) in [4.78, 5) is 16.2. The fourth-order valence-corrected chi connectivity index (χ4v) is 2.55. The number of nitrogens with zero attached hydrogens (tertiary/aromatic N) is 1. The third-order valence-corrected chi connectivity index (χ3v) is 3.61. The number of carbonyl (C=O) groups excluding carboxylic acids is 1. The standard InChI is InChI=1S/C13H18ClN3O/c1-8-11(5-6-12(14)16-8)17-13(18)9-3-2-4-10(15)7-9/h5-6,9-10H,2-4,7,15H2,1H3,(H,17,18). The first-order valence-electron chi connectivity index (χ1n) is 6.26. The summed E-state index contributed by atoms with van der Waals surface area (Å²) in [6.07, 6.45) is 3.73. The molecule has 1 aliphatic rings. The van der Waals surface area contributed by atoms with Gasteiger partial charge >= 0.3 is 0 Å². The van der Waals surface area contributed by atoms with Crippen molar-refractivity contribution in [3.05, 3.63) is 23.0 Å². The molecule has 18 heavy (non-hydrogen) atoms. The molecule has 0 radical (unpaired) electrons. The number of aryl methyl sites for hydroxylation is 1. The van der Waals surface area contributed by atoms with E-state index in [0.717, 1.165) is 37.1 Å². The Labute approximate surface area is 112 Å². The SMILES string of the molecule is Cc1nc(Cl)ccc1NC(=O)C1CCCC(N)C1. The molecule has 0 aliphatic heterocycles. The smallest absolute Gasteiger partial charge is 0.227 e. The van der Waals surface area contributed by atoms with Gasteiger partial charge in [-0.3, -0.25) is 4.79 Å². The van der Waals surface area contributed by atoms with Crippen LogP contribution in [0.4, 0.5) is 5.69 Å². The summed E-state index contributed by atoms with van der Waals surface area (Å²) in [5, 5.41) is 3.35. The number of nitrogens with two attached hydrogens (primary N) is 1. The number of carbonyl (C=O) groups is 1. The lowest BCUT2D eigenvalue weighted by molar-refractivity contribution is -0.120. The molecule has 4 nitrogen and oxygen atoms in total. The Balaban J connectivity index is 2.02. The first-order chi connectivity index (χ1) is 8.56. The van der Waals surface area contributed by atoms with Crippen LogP contribution in [-0.2, 0) is 4.79 Å². The first-order valence-corrected chi connectivity index (χ1v) is 6.63. The van der Waals surface area contributed by atoms with Crippen molar-refractivity contribution in [3.63, 3.8) is 0 Å². The number of rotatable bonds is 2. The van der Waals surface area contributed by atoms with Gasteiger partial charge in [0.05, 0.1) is 11.4 Å². The van der Waals surface area contributed by atoms with Crippen molar-refractivity contribution in [1.82, 2.24) is 4.98 Å². The highest BCUT2D eigenvalue weighted by Gasteiger charge is 2.25. The molecular weight excluding hydrogens is 250 g/mol. The van der Waals surface area contributed by atoms with Gasteiger partial charge in [-0.1, -0.05) is 18.0 Å². The fourth-order valence-electron chi connectivity index (χ4n) is 2.36. The summed E-state index contributed by atoms with van der Waals surface area (Å²) in [5.74, 6) is 0.0567. The van der Waals surface area contributed by atoms with Gasteiger partial charge in [0.1, 0.15) is 5.15 Å². The molecule has 1 heterocycles. The second-order valence-corrected chi connectivity index (χ2v) is 5.27. The number of pyridine rings is 1. The average molecular weight is 268 g/mol. The predicted octanol–water partition coefficient (Wildman–Crippen LogP) is 2.50. The molecule has 0 bridgehead atoms. The average Bonchev–Trinajstić information content (AvgIpc) is 2.32. The number of amides is 1. The molecule has 2 unspecified atom stereocenters. The molecule has 1 aliphatic carbocycles. The van der Waals surface area contributed by atoms with Crippen LogP contribution in [0, 0.1) is 12.8 Å². The lowest BCUT2D eigenvalue weighted by atomic mass is 9.85. The zero-order valence-electron chi connectivity index (χ0n) is 10.4. The first kappa shape index (κ1) is 13.3. The molecular formula is C13H18ClN3O. The highest BCUT2D eigenvalue weighted by Crippen LogP contribution is 2.25. The van der Waals surface area contributed by atoms with E-state index < -0.39 is 0 Å². The van der Waals surface area contributed by atoms with E-state index in [2.05, 4.69) is 10.3 Å². The summed E-state index contributed by atoms with van der Waals surface area (Å²) < 4.78 is 0. The van der Waals surface area contributed by atoms with E-state index >= 15 is 0 Å². The van der Waals surface area contributed by atoms with Gasteiger partial charge in [-0.15, -0.1) is 0 Å². The molecule has 1 fully saturated rings. The highest BCUT2D eigenvalue weighted by atomic mass is 35.5. The summed E-state index contributed by atoms with van der Waals surface area (Å²) in [6, 6.07) is 3.61. The van der Waals surface area contributed by atoms with Crippen LogP contribution in [0.3, 0.4) is 0 Å². The fraction of sp³-hybridized carbons (Fsp3) is 0.538. The van der Waals surface area contributed by atoms with E-state index in [1.807, 2.05) is 6.92 Å². The van der Waals surface area contributed by atoms with E-state index in [0.29, 0.717) is 5.15 Å². The Hall–Kier alpha value is -1.13. The van der Waals surface area contributed by atoms with Crippen molar-refractivity contribution in [2.45, 2.75) is 38.6 Å². The largest absolute Gasteiger partial charge is 0.328 e. The minimum atomic E-state index is 0.0174. The van der Waals surface area contributed by atoms with E-state index in [1.54, 1.807) is 12.1 Å². The van der Waals surface area contributed by atoms with Crippen LogP contribution in [-0.4, -0.2) is 16.9 Å². The predicted molar refractivity (Wildman–Crippen MR) is 72.5 cm³/mol. The van der Waals surface area contributed by atoms with Gasteiger partial charge < -0.3 is 11.1 Å². The quantitative estimate of drug-likeness (QED) is 0.809. The number of aromatic nitrogens is 1. The summed E-state index contributed by atoms with van der Waals surface area (Å²) in [7, 11) is 0. The molecule has 0 aromatic carbocycles. The lowest BCUT2D eigenvalue weighted by Gasteiger charge is -2.25. The molecule has 2 rings (SSSR count). The summed E-state index contributed by atoms with van der Waals surface area (Å²) in [6.45, 7) is 1.83. The minimum absolute atomic E-state index is 0.0174. The maximum absolute atomic E-state index is 12.1. The Morgan fingerprint density at radius 1 is 1.50 bits per heavy atom. The van der Waals surface area contributed by atoms with E-state index in [4.69, 9.17) is 17.3 Å². The number of hydrogen-bond acceptors (Lipinski definition) is 3. The highest BCUT2D eigenvalue weighted by molar-refractivity contribution is 6.29. The number of hydrogen-bond donors (Lipinski definition) is 2. The van der Waals surface area contributed by atoms with Crippen LogP contribution in [0.15, 0.2) is 12.1 Å². The third-order valence-electron chi connectivity index (χ3n) is 3.40. The van der Waals surface area contributed by atoms with Crippen LogP contribution < -0.4 is 11.1 Å². The second-order valence-electron chi connectivity index (χ2n) is 4.88. The Kier molecular flexibility index (Phi) is 4.19. The molecule has 3 N–H and O–H groups in total. The molecule has 0 spiro atoms. The van der Waals surface area contributed by atoms with Crippen molar-refractivity contribution < 1.29 is 4.79 Å². The van der Waals surface area contributed by atoms with E-state index in [-0.39, 0.29) is 17.9 Å². The number of anilines is 1. The van der Waals surface area contributed by atoms with Crippen molar-refractivity contribution in [1.29, 1.82) is 0 Å². The Morgan fingerprint density at radius 3 is 2.94 bits per heavy atom. The zero-order valence-corrected chi connectivity index (χ0v) is 11.2. The van der Waals surface area contributed by atoms with Crippen LogP contribution in [0.1, 0.15) is 31.4 Å². The maximum Gasteiger partial charge on any atom is 0.227 e.